The Morgan fingerprint density at radius 1 is 0.690 bits per heavy atom. The van der Waals surface area contributed by atoms with Crippen molar-refractivity contribution in [1.29, 1.82) is 0 Å². The maximum Gasteiger partial charge on any atom is 0.341 e. The SMILES string of the molecule is O=C1OC2(c3ccccc3Oc3ccc(Cl)c(Cl)c32)c2c(Cl)c(Cl)c(Cl)c(Cl)c21. The number of hydrogen-bond donors (Lipinski definition) is 0. The minimum atomic E-state index is -1.56. The van der Waals surface area contributed by atoms with Crippen LogP contribution < -0.4 is 4.74 Å². The van der Waals surface area contributed by atoms with Crippen molar-refractivity contribution in [3.63, 3.8) is 0 Å². The van der Waals surface area contributed by atoms with Crippen molar-refractivity contribution in [1.82, 2.24) is 0 Å². The molecule has 3 nitrogen and oxygen atoms in total. The smallest absolute Gasteiger partial charge is 0.341 e. The van der Waals surface area contributed by atoms with E-state index in [1.807, 2.05) is 0 Å². The molecule has 1 unspecified atom stereocenters. The number of rotatable bonds is 0. The van der Waals surface area contributed by atoms with E-state index in [1.54, 1.807) is 36.4 Å². The minimum Gasteiger partial charge on any atom is -0.456 e. The first-order valence-electron chi connectivity index (χ1n) is 8.14. The van der Waals surface area contributed by atoms with Gasteiger partial charge in [-0.25, -0.2) is 4.79 Å². The van der Waals surface area contributed by atoms with E-state index in [0.717, 1.165) is 0 Å². The van der Waals surface area contributed by atoms with Gasteiger partial charge in [0.2, 0.25) is 0 Å². The Kier molecular flexibility index (Phi) is 4.45. The average Bonchev–Trinajstić information content (AvgIpc) is 3.01. The zero-order valence-electron chi connectivity index (χ0n) is 14.0. The molecule has 0 aliphatic carbocycles. The maximum absolute atomic E-state index is 13.0. The number of para-hydroxylation sites is 1. The molecule has 3 aromatic rings. The molecule has 29 heavy (non-hydrogen) atoms. The molecule has 2 heterocycles. The third kappa shape index (κ3) is 2.43. The second-order valence-electron chi connectivity index (χ2n) is 6.41. The third-order valence-electron chi connectivity index (χ3n) is 4.96. The lowest BCUT2D eigenvalue weighted by molar-refractivity contribution is 0.0225. The number of carbonyl (C=O) groups excluding carboxylic acids is 1. The fourth-order valence-electron chi connectivity index (χ4n) is 3.81. The normalized spacial score (nSPS) is 18.8. The predicted molar refractivity (Wildman–Crippen MR) is 115 cm³/mol. The lowest BCUT2D eigenvalue weighted by Crippen LogP contribution is -2.33. The van der Waals surface area contributed by atoms with Gasteiger partial charge in [-0.1, -0.05) is 87.8 Å². The summed E-state index contributed by atoms with van der Waals surface area (Å²) in [5.74, 6) is 0.0958. The van der Waals surface area contributed by atoms with Gasteiger partial charge in [-0.2, -0.15) is 0 Å². The number of carbonyl (C=O) groups is 1. The molecule has 0 amide bonds. The Hall–Kier alpha value is -1.33. The number of esters is 1. The Balaban J connectivity index is 2.02. The van der Waals surface area contributed by atoms with E-state index in [-0.39, 0.29) is 41.3 Å². The fraction of sp³-hybridized carbons (Fsp3) is 0.0500. The number of fused-ring (bicyclic) bond motifs is 6. The summed E-state index contributed by atoms with van der Waals surface area (Å²) in [6.45, 7) is 0. The largest absolute Gasteiger partial charge is 0.456 e. The van der Waals surface area contributed by atoms with Crippen molar-refractivity contribution in [3.05, 3.63) is 88.8 Å². The van der Waals surface area contributed by atoms with Gasteiger partial charge in [0, 0.05) is 11.1 Å². The molecule has 0 radical (unpaired) electrons. The number of halogens is 6. The van der Waals surface area contributed by atoms with Crippen molar-refractivity contribution in [2.45, 2.75) is 5.60 Å². The summed E-state index contributed by atoms with van der Waals surface area (Å²) in [4.78, 5) is 13.0. The number of ether oxygens (including phenoxy) is 2. The highest BCUT2D eigenvalue weighted by molar-refractivity contribution is 6.53. The highest BCUT2D eigenvalue weighted by Gasteiger charge is 2.57. The van der Waals surface area contributed by atoms with Crippen molar-refractivity contribution >= 4 is 75.6 Å². The summed E-state index contributed by atoms with van der Waals surface area (Å²) in [5.41, 5.74) is -0.475. The Bertz CT molecular complexity index is 1260. The summed E-state index contributed by atoms with van der Waals surface area (Å²) in [6, 6.07) is 10.3. The fourth-order valence-corrected chi connectivity index (χ4v) is 5.32. The molecule has 0 aromatic heterocycles. The molecular formula is C20H6Cl6O3. The van der Waals surface area contributed by atoms with Crippen LogP contribution in [0.3, 0.4) is 0 Å². The molecule has 146 valence electrons. The summed E-state index contributed by atoms with van der Waals surface area (Å²) in [7, 11) is 0. The van der Waals surface area contributed by atoms with Crippen molar-refractivity contribution in [3.8, 4) is 11.5 Å². The van der Waals surface area contributed by atoms with E-state index in [1.165, 1.54) is 0 Å². The molecule has 3 aromatic carbocycles. The second kappa shape index (κ2) is 6.58. The topological polar surface area (TPSA) is 35.5 Å². The van der Waals surface area contributed by atoms with Crippen molar-refractivity contribution in [2.24, 2.45) is 0 Å². The van der Waals surface area contributed by atoms with Gasteiger partial charge in [0.15, 0.2) is 5.60 Å². The zero-order valence-corrected chi connectivity index (χ0v) is 18.5. The molecule has 9 heteroatoms. The van der Waals surface area contributed by atoms with Crippen LogP contribution in [0.15, 0.2) is 36.4 Å². The van der Waals surface area contributed by atoms with Gasteiger partial charge >= 0.3 is 5.97 Å². The van der Waals surface area contributed by atoms with Crippen LogP contribution >= 0.6 is 69.6 Å². The lowest BCUT2D eigenvalue weighted by Gasteiger charge is -2.37. The molecule has 0 N–H and O–H groups in total. The monoisotopic (exact) mass is 504 g/mol. The van der Waals surface area contributed by atoms with Crippen molar-refractivity contribution < 1.29 is 14.3 Å². The first-order valence-corrected chi connectivity index (χ1v) is 10.4. The molecule has 2 aliphatic rings. The van der Waals surface area contributed by atoms with Gasteiger partial charge in [-0.3, -0.25) is 0 Å². The minimum absolute atomic E-state index is 0.00145. The standard InChI is InChI=1S/C20H6Cl6O3/c21-8-5-6-10-12(14(8)22)20(7-3-1-2-4-9(7)28-10)13-11(19(27)29-20)15(23)17(25)18(26)16(13)24/h1-6H. The van der Waals surface area contributed by atoms with Crippen LogP contribution in [-0.4, -0.2) is 5.97 Å². The number of benzene rings is 3. The summed E-state index contributed by atoms with van der Waals surface area (Å²) in [5, 5.41) is 0.335. The first-order chi connectivity index (χ1) is 13.8. The molecule has 0 bridgehead atoms. The molecule has 1 spiro atoms. The molecule has 2 aliphatic heterocycles. The maximum atomic E-state index is 13.0. The van der Waals surface area contributed by atoms with E-state index < -0.39 is 11.6 Å². The van der Waals surface area contributed by atoms with Crippen LogP contribution in [0, 0.1) is 0 Å². The molecule has 0 fully saturated rings. The van der Waals surface area contributed by atoms with Gasteiger partial charge in [0.25, 0.3) is 0 Å². The average molecular weight is 507 g/mol. The van der Waals surface area contributed by atoms with E-state index in [0.29, 0.717) is 22.6 Å². The first kappa shape index (κ1) is 19.6. The summed E-state index contributed by atoms with van der Waals surface area (Å²) < 4.78 is 12.0. The predicted octanol–water partition coefficient (Wildman–Crippen LogP) is 8.17. The third-order valence-corrected chi connectivity index (χ3v) is 7.57. The van der Waals surface area contributed by atoms with Gasteiger partial charge in [-0.15, -0.1) is 0 Å². The van der Waals surface area contributed by atoms with E-state index in [9.17, 15) is 4.79 Å². The molecule has 1 atom stereocenters. The van der Waals surface area contributed by atoms with Crippen LogP contribution in [0.4, 0.5) is 0 Å². The second-order valence-corrected chi connectivity index (χ2v) is 8.71. The highest BCUT2D eigenvalue weighted by Crippen LogP contribution is 2.62. The van der Waals surface area contributed by atoms with Crippen molar-refractivity contribution in [2.75, 3.05) is 0 Å². The van der Waals surface area contributed by atoms with E-state index in [4.69, 9.17) is 79.1 Å². The summed E-state index contributed by atoms with van der Waals surface area (Å²) in [6.07, 6.45) is 0. The van der Waals surface area contributed by atoms with Crippen LogP contribution in [0.5, 0.6) is 11.5 Å². The van der Waals surface area contributed by atoms with Crippen LogP contribution in [-0.2, 0) is 10.3 Å². The van der Waals surface area contributed by atoms with E-state index in [2.05, 4.69) is 0 Å². The zero-order chi connectivity index (χ0) is 20.7. The Morgan fingerprint density at radius 3 is 2.14 bits per heavy atom. The van der Waals surface area contributed by atoms with Crippen LogP contribution in [0.1, 0.15) is 27.0 Å². The Morgan fingerprint density at radius 2 is 1.38 bits per heavy atom. The van der Waals surface area contributed by atoms with Gasteiger partial charge in [-0.05, 0) is 18.2 Å². The van der Waals surface area contributed by atoms with Gasteiger partial charge in [0.1, 0.15) is 11.5 Å². The summed E-state index contributed by atoms with van der Waals surface area (Å²) >= 11 is 38.4. The van der Waals surface area contributed by atoms with Crippen LogP contribution in [0.25, 0.3) is 0 Å². The quantitative estimate of drug-likeness (QED) is 0.175. The highest BCUT2D eigenvalue weighted by atomic mass is 35.5. The lowest BCUT2D eigenvalue weighted by atomic mass is 9.77. The van der Waals surface area contributed by atoms with Gasteiger partial charge in [0.05, 0.1) is 41.3 Å². The number of hydrogen-bond acceptors (Lipinski definition) is 3. The van der Waals surface area contributed by atoms with Crippen LogP contribution in [0.2, 0.25) is 30.1 Å². The molecular weight excluding hydrogens is 501 g/mol. The molecule has 5 rings (SSSR count). The molecule has 0 saturated carbocycles. The molecule has 0 saturated heterocycles. The van der Waals surface area contributed by atoms with E-state index >= 15 is 0 Å². The Labute approximate surface area is 194 Å². The van der Waals surface area contributed by atoms with Gasteiger partial charge < -0.3 is 9.47 Å².